The molecule has 0 saturated heterocycles. The third-order valence-electron chi connectivity index (χ3n) is 2.50. The molecule has 2 rings (SSSR count). The lowest BCUT2D eigenvalue weighted by Gasteiger charge is -1.99. The van der Waals surface area contributed by atoms with Crippen LogP contribution in [0, 0.1) is 12.7 Å². The van der Waals surface area contributed by atoms with E-state index in [2.05, 4.69) is 5.10 Å². The van der Waals surface area contributed by atoms with Crippen LogP contribution in [0.25, 0.3) is 11.3 Å². The summed E-state index contributed by atoms with van der Waals surface area (Å²) in [5.74, 6) is -1.49. The first-order valence-corrected chi connectivity index (χ1v) is 5.03. The molecule has 0 aliphatic carbocycles. The molecule has 0 radical (unpaired) electrons. The first-order chi connectivity index (χ1) is 7.99. The average Bonchev–Trinajstić information content (AvgIpc) is 2.60. The second-order valence-corrected chi connectivity index (χ2v) is 3.83. The van der Waals surface area contributed by atoms with E-state index in [9.17, 15) is 9.18 Å². The number of benzene rings is 1. The van der Waals surface area contributed by atoms with Gasteiger partial charge in [0, 0.05) is 12.6 Å². The number of halogens is 1. The van der Waals surface area contributed by atoms with Crippen LogP contribution in [0.2, 0.25) is 0 Å². The molecule has 1 aromatic carbocycles. The fourth-order valence-electron chi connectivity index (χ4n) is 1.63. The average molecular weight is 234 g/mol. The van der Waals surface area contributed by atoms with Crippen LogP contribution in [0.4, 0.5) is 4.39 Å². The van der Waals surface area contributed by atoms with Crippen molar-refractivity contribution in [1.82, 2.24) is 9.78 Å². The van der Waals surface area contributed by atoms with Crippen LogP contribution in [0.3, 0.4) is 0 Å². The number of aryl methyl sites for hydroxylation is 2. The minimum Gasteiger partial charge on any atom is -0.477 e. The van der Waals surface area contributed by atoms with Gasteiger partial charge in [-0.3, -0.25) is 4.68 Å². The Bertz CT molecular complexity index is 590. The summed E-state index contributed by atoms with van der Waals surface area (Å²) in [6.45, 7) is 1.79. The van der Waals surface area contributed by atoms with Crippen molar-refractivity contribution >= 4 is 5.97 Å². The minimum atomic E-state index is -1.08. The Kier molecular flexibility index (Phi) is 2.67. The molecule has 0 aliphatic rings. The number of hydrogen-bond donors (Lipinski definition) is 1. The number of carboxylic acid groups (broad SMARTS) is 1. The molecule has 1 aromatic heterocycles. The maximum atomic E-state index is 13.7. The SMILES string of the molecule is Cc1ccc(-c2cc(C(=O)O)n(C)n2)c(F)c1. The third kappa shape index (κ3) is 2.04. The Morgan fingerprint density at radius 3 is 2.65 bits per heavy atom. The van der Waals surface area contributed by atoms with Crippen molar-refractivity contribution in [1.29, 1.82) is 0 Å². The Balaban J connectivity index is 2.53. The number of nitrogens with zero attached hydrogens (tertiary/aromatic N) is 2. The molecular formula is C12H11FN2O2. The van der Waals surface area contributed by atoms with Crippen molar-refractivity contribution in [3.05, 3.63) is 41.3 Å². The van der Waals surface area contributed by atoms with E-state index in [4.69, 9.17) is 5.11 Å². The maximum Gasteiger partial charge on any atom is 0.354 e. The quantitative estimate of drug-likeness (QED) is 0.866. The van der Waals surface area contributed by atoms with E-state index in [1.807, 2.05) is 0 Å². The van der Waals surface area contributed by atoms with Gasteiger partial charge in [-0.2, -0.15) is 5.10 Å². The van der Waals surface area contributed by atoms with E-state index in [1.54, 1.807) is 19.1 Å². The highest BCUT2D eigenvalue weighted by molar-refractivity contribution is 5.87. The zero-order valence-electron chi connectivity index (χ0n) is 9.44. The Labute approximate surface area is 97.3 Å². The molecule has 0 unspecified atom stereocenters. The molecule has 1 heterocycles. The molecule has 0 amide bonds. The van der Waals surface area contributed by atoms with E-state index < -0.39 is 11.8 Å². The molecule has 1 N–H and O–H groups in total. The van der Waals surface area contributed by atoms with Crippen LogP contribution in [-0.2, 0) is 7.05 Å². The second-order valence-electron chi connectivity index (χ2n) is 3.83. The highest BCUT2D eigenvalue weighted by Crippen LogP contribution is 2.23. The Morgan fingerprint density at radius 1 is 1.41 bits per heavy atom. The zero-order valence-corrected chi connectivity index (χ0v) is 9.44. The Hall–Kier alpha value is -2.17. The van der Waals surface area contributed by atoms with Gasteiger partial charge < -0.3 is 5.11 Å². The molecule has 0 saturated carbocycles. The van der Waals surface area contributed by atoms with Gasteiger partial charge in [0.25, 0.3) is 0 Å². The standard InChI is InChI=1S/C12H11FN2O2/c1-7-3-4-8(9(13)5-7)10-6-11(12(16)17)15(2)14-10/h3-6H,1-2H3,(H,16,17). The summed E-state index contributed by atoms with van der Waals surface area (Å²) in [6.07, 6.45) is 0. The van der Waals surface area contributed by atoms with Gasteiger partial charge in [-0.1, -0.05) is 6.07 Å². The molecule has 0 aliphatic heterocycles. The van der Waals surface area contributed by atoms with Crippen molar-refractivity contribution in [2.45, 2.75) is 6.92 Å². The first-order valence-electron chi connectivity index (χ1n) is 5.03. The summed E-state index contributed by atoms with van der Waals surface area (Å²) in [5.41, 5.74) is 1.46. The fraction of sp³-hybridized carbons (Fsp3) is 0.167. The number of aromatic nitrogens is 2. The molecule has 88 valence electrons. The Morgan fingerprint density at radius 2 is 2.12 bits per heavy atom. The number of carboxylic acids is 1. The molecular weight excluding hydrogens is 223 g/mol. The minimum absolute atomic E-state index is 0.0278. The highest BCUT2D eigenvalue weighted by atomic mass is 19.1. The fourth-order valence-corrected chi connectivity index (χ4v) is 1.63. The summed E-state index contributed by atoms with van der Waals surface area (Å²) in [4.78, 5) is 10.9. The molecule has 0 bridgehead atoms. The maximum absolute atomic E-state index is 13.7. The van der Waals surface area contributed by atoms with Gasteiger partial charge in [0.15, 0.2) is 0 Å². The zero-order chi connectivity index (χ0) is 12.6. The molecule has 5 heteroatoms. The predicted octanol–water partition coefficient (Wildman–Crippen LogP) is 2.23. The van der Waals surface area contributed by atoms with Crippen molar-refractivity contribution in [2.75, 3.05) is 0 Å². The summed E-state index contributed by atoms with van der Waals surface area (Å²) in [7, 11) is 1.51. The lowest BCUT2D eigenvalue weighted by atomic mass is 10.1. The van der Waals surface area contributed by atoms with Gasteiger partial charge in [-0.25, -0.2) is 9.18 Å². The highest BCUT2D eigenvalue weighted by Gasteiger charge is 2.15. The molecule has 2 aromatic rings. The van der Waals surface area contributed by atoms with Crippen LogP contribution in [-0.4, -0.2) is 20.9 Å². The van der Waals surface area contributed by atoms with Crippen molar-refractivity contribution in [3.63, 3.8) is 0 Å². The summed E-state index contributed by atoms with van der Waals surface area (Å²) in [5, 5.41) is 12.9. The number of rotatable bonds is 2. The van der Waals surface area contributed by atoms with Crippen LogP contribution in [0.1, 0.15) is 16.1 Å². The van der Waals surface area contributed by atoms with Crippen molar-refractivity contribution in [2.24, 2.45) is 7.05 Å². The van der Waals surface area contributed by atoms with Gasteiger partial charge in [-0.05, 0) is 30.7 Å². The van der Waals surface area contributed by atoms with E-state index in [0.717, 1.165) is 5.56 Å². The smallest absolute Gasteiger partial charge is 0.354 e. The van der Waals surface area contributed by atoms with Gasteiger partial charge in [0.05, 0.1) is 5.69 Å². The van der Waals surface area contributed by atoms with E-state index >= 15 is 0 Å². The molecule has 0 atom stereocenters. The van der Waals surface area contributed by atoms with Crippen molar-refractivity contribution in [3.8, 4) is 11.3 Å². The number of hydrogen-bond acceptors (Lipinski definition) is 2. The van der Waals surface area contributed by atoms with Crippen LogP contribution in [0.5, 0.6) is 0 Å². The summed E-state index contributed by atoms with van der Waals surface area (Å²) >= 11 is 0. The van der Waals surface area contributed by atoms with Crippen LogP contribution < -0.4 is 0 Å². The topological polar surface area (TPSA) is 55.1 Å². The van der Waals surface area contributed by atoms with Crippen LogP contribution in [0.15, 0.2) is 24.3 Å². The van der Waals surface area contributed by atoms with Gasteiger partial charge >= 0.3 is 5.97 Å². The molecule has 0 spiro atoms. The lowest BCUT2D eigenvalue weighted by Crippen LogP contribution is -2.04. The van der Waals surface area contributed by atoms with Gasteiger partial charge in [0.1, 0.15) is 11.5 Å². The van der Waals surface area contributed by atoms with E-state index in [-0.39, 0.29) is 5.69 Å². The van der Waals surface area contributed by atoms with Crippen LogP contribution >= 0.6 is 0 Å². The largest absolute Gasteiger partial charge is 0.477 e. The third-order valence-corrected chi connectivity index (χ3v) is 2.50. The van der Waals surface area contributed by atoms with E-state index in [1.165, 1.54) is 23.9 Å². The molecule has 4 nitrogen and oxygen atoms in total. The predicted molar refractivity (Wildman–Crippen MR) is 60.3 cm³/mol. The number of aromatic carboxylic acids is 1. The lowest BCUT2D eigenvalue weighted by molar-refractivity contribution is 0.0685. The molecule has 17 heavy (non-hydrogen) atoms. The second kappa shape index (κ2) is 4.01. The number of carbonyl (C=O) groups is 1. The molecule has 0 fully saturated rings. The van der Waals surface area contributed by atoms with E-state index in [0.29, 0.717) is 11.3 Å². The summed E-state index contributed by atoms with van der Waals surface area (Å²) < 4.78 is 14.9. The normalized spacial score (nSPS) is 10.5. The van der Waals surface area contributed by atoms with Gasteiger partial charge in [-0.15, -0.1) is 0 Å². The monoisotopic (exact) mass is 234 g/mol. The summed E-state index contributed by atoms with van der Waals surface area (Å²) in [6, 6.07) is 6.10. The first kappa shape index (κ1) is 11.3. The van der Waals surface area contributed by atoms with Crippen molar-refractivity contribution < 1.29 is 14.3 Å². The van der Waals surface area contributed by atoms with Gasteiger partial charge in [0.2, 0.25) is 0 Å².